The molecule has 0 N–H and O–H groups in total. The molecule has 2 nitrogen and oxygen atoms in total. The molecule has 0 fully saturated rings. The lowest BCUT2D eigenvalue weighted by molar-refractivity contribution is -0.255. The zero-order chi connectivity index (χ0) is 13.3. The van der Waals surface area contributed by atoms with Gasteiger partial charge in [0.25, 0.3) is 0 Å². The first-order valence-corrected chi connectivity index (χ1v) is 5.26. The number of carbonyl (C=O) groups is 1. The number of aryl methyl sites for hydroxylation is 1. The normalized spacial score (nSPS) is 10.4. The summed E-state index contributed by atoms with van der Waals surface area (Å²) >= 11 is 0. The van der Waals surface area contributed by atoms with Crippen LogP contribution in [0.5, 0.6) is 0 Å². The second-order valence-corrected chi connectivity index (χ2v) is 3.95. The lowest BCUT2D eigenvalue weighted by atomic mass is 10.0. The number of hydrogen-bond acceptors (Lipinski definition) is 2. The fourth-order valence-corrected chi connectivity index (χ4v) is 1.63. The summed E-state index contributed by atoms with van der Waals surface area (Å²) in [6, 6.07) is 8.08. The first-order chi connectivity index (χ1) is 8.49. The van der Waals surface area contributed by atoms with Crippen LogP contribution in [-0.2, 0) is 0 Å². The molecule has 92 valence electrons. The Labute approximate surface area is 103 Å². The van der Waals surface area contributed by atoms with E-state index < -0.39 is 23.2 Å². The molecule has 2 aromatic carbocycles. The van der Waals surface area contributed by atoms with E-state index in [0.29, 0.717) is 16.7 Å². The smallest absolute Gasteiger partial charge is 0.132 e. The Morgan fingerprint density at radius 3 is 2.06 bits per heavy atom. The second kappa shape index (κ2) is 4.56. The second-order valence-electron chi connectivity index (χ2n) is 3.95. The first-order valence-electron chi connectivity index (χ1n) is 5.26. The molecule has 4 heteroatoms. The van der Waals surface area contributed by atoms with Crippen LogP contribution < -0.4 is 5.11 Å². The zero-order valence-electron chi connectivity index (χ0n) is 9.54. The van der Waals surface area contributed by atoms with Crippen molar-refractivity contribution in [2.75, 3.05) is 0 Å². The van der Waals surface area contributed by atoms with Gasteiger partial charge in [-0.2, -0.15) is 0 Å². The van der Waals surface area contributed by atoms with Gasteiger partial charge in [0.1, 0.15) is 11.6 Å². The average Bonchev–Trinajstić information content (AvgIpc) is 2.32. The van der Waals surface area contributed by atoms with Crippen molar-refractivity contribution >= 4 is 5.97 Å². The molecule has 0 radical (unpaired) electrons. The van der Waals surface area contributed by atoms with Gasteiger partial charge in [0.05, 0.1) is 5.97 Å². The lowest BCUT2D eigenvalue weighted by Crippen LogP contribution is -2.23. The fourth-order valence-electron chi connectivity index (χ4n) is 1.63. The topological polar surface area (TPSA) is 40.1 Å². The molecule has 0 saturated heterocycles. The molecular formula is C14H9F2O2-. The maximum Gasteiger partial charge on any atom is 0.132 e. The van der Waals surface area contributed by atoms with Crippen molar-refractivity contribution in [2.24, 2.45) is 0 Å². The molecule has 0 spiro atoms. The number of halogens is 2. The molecule has 0 bridgehead atoms. The van der Waals surface area contributed by atoms with E-state index >= 15 is 0 Å². The summed E-state index contributed by atoms with van der Waals surface area (Å²) in [6.45, 7) is 1.62. The van der Waals surface area contributed by atoms with Crippen molar-refractivity contribution in [3.05, 3.63) is 59.2 Å². The molecule has 0 saturated carbocycles. The predicted octanol–water partition coefficient (Wildman–Crippen LogP) is 2.30. The maximum atomic E-state index is 13.5. The Morgan fingerprint density at radius 1 is 1.00 bits per heavy atom. The highest BCUT2D eigenvalue weighted by Crippen LogP contribution is 2.23. The van der Waals surface area contributed by atoms with Gasteiger partial charge in [-0.05, 0) is 41.8 Å². The maximum absolute atomic E-state index is 13.5. The molecular weight excluding hydrogens is 238 g/mol. The first kappa shape index (κ1) is 12.2. The van der Waals surface area contributed by atoms with E-state index in [9.17, 15) is 18.7 Å². The summed E-state index contributed by atoms with van der Waals surface area (Å²) < 4.78 is 26.8. The molecule has 0 aliphatic heterocycles. The van der Waals surface area contributed by atoms with Gasteiger partial charge in [0.2, 0.25) is 0 Å². The molecule has 2 rings (SSSR count). The third kappa shape index (κ3) is 2.22. The van der Waals surface area contributed by atoms with E-state index in [1.165, 1.54) is 12.1 Å². The van der Waals surface area contributed by atoms with Crippen LogP contribution in [0.1, 0.15) is 15.9 Å². The number of hydrogen-bond donors (Lipinski definition) is 0. The van der Waals surface area contributed by atoms with Crippen LogP contribution >= 0.6 is 0 Å². The van der Waals surface area contributed by atoms with Gasteiger partial charge in [-0.25, -0.2) is 8.78 Å². The summed E-state index contributed by atoms with van der Waals surface area (Å²) in [5.41, 5.74) is 0.884. The van der Waals surface area contributed by atoms with Crippen molar-refractivity contribution in [3.8, 4) is 11.1 Å². The molecule has 18 heavy (non-hydrogen) atoms. The van der Waals surface area contributed by atoms with E-state index in [1.807, 2.05) is 0 Å². The van der Waals surface area contributed by atoms with E-state index in [2.05, 4.69) is 0 Å². The Hall–Kier alpha value is -2.23. The van der Waals surface area contributed by atoms with Crippen LogP contribution in [-0.4, -0.2) is 5.97 Å². The van der Waals surface area contributed by atoms with Crippen LogP contribution in [0.15, 0.2) is 36.4 Å². The Balaban J connectivity index is 2.48. The summed E-state index contributed by atoms with van der Waals surface area (Å²) in [4.78, 5) is 10.6. The van der Waals surface area contributed by atoms with Crippen LogP contribution in [0.3, 0.4) is 0 Å². The minimum Gasteiger partial charge on any atom is -0.545 e. The predicted molar refractivity (Wildman–Crippen MR) is 60.9 cm³/mol. The molecule has 2 aromatic rings. The van der Waals surface area contributed by atoms with Gasteiger partial charge >= 0.3 is 0 Å². The Kier molecular flexibility index (Phi) is 3.10. The molecule has 0 unspecified atom stereocenters. The Morgan fingerprint density at radius 2 is 1.56 bits per heavy atom. The van der Waals surface area contributed by atoms with Crippen molar-refractivity contribution < 1.29 is 18.7 Å². The minimum atomic E-state index is -1.57. The van der Waals surface area contributed by atoms with E-state index in [0.717, 1.165) is 12.1 Å². The number of rotatable bonds is 2. The van der Waals surface area contributed by atoms with E-state index in [-0.39, 0.29) is 0 Å². The highest BCUT2D eigenvalue weighted by atomic mass is 19.1. The number of carbonyl (C=O) groups excluding carboxylic acids is 1. The summed E-state index contributed by atoms with van der Waals surface area (Å²) in [7, 11) is 0. The van der Waals surface area contributed by atoms with Crippen molar-refractivity contribution in [1.29, 1.82) is 0 Å². The minimum absolute atomic E-state index is 0.392. The number of benzene rings is 2. The fraction of sp³-hybridized carbons (Fsp3) is 0.0714. The van der Waals surface area contributed by atoms with E-state index in [4.69, 9.17) is 0 Å². The van der Waals surface area contributed by atoms with Gasteiger partial charge in [-0.15, -0.1) is 0 Å². The lowest BCUT2D eigenvalue weighted by Gasteiger charge is -2.08. The molecule has 0 atom stereocenters. The van der Waals surface area contributed by atoms with Crippen LogP contribution in [0.4, 0.5) is 8.78 Å². The SMILES string of the molecule is Cc1ccc(-c2ccc(C(=O)[O-])c(F)c2)cc1F. The van der Waals surface area contributed by atoms with Crippen LogP contribution in [0.25, 0.3) is 11.1 Å². The van der Waals surface area contributed by atoms with E-state index in [1.54, 1.807) is 19.1 Å². The molecule has 0 aromatic heterocycles. The quantitative estimate of drug-likeness (QED) is 0.817. The molecule has 0 heterocycles. The molecule has 0 amide bonds. The average molecular weight is 247 g/mol. The van der Waals surface area contributed by atoms with Gasteiger partial charge in [-0.3, -0.25) is 0 Å². The summed E-state index contributed by atoms with van der Waals surface area (Å²) in [6.07, 6.45) is 0. The van der Waals surface area contributed by atoms with Gasteiger partial charge in [0.15, 0.2) is 0 Å². The number of aromatic carboxylic acids is 1. The third-order valence-electron chi connectivity index (χ3n) is 2.69. The Bertz CT molecular complexity index is 621. The molecule has 0 aliphatic carbocycles. The van der Waals surface area contributed by atoms with Gasteiger partial charge in [-0.1, -0.05) is 18.2 Å². The largest absolute Gasteiger partial charge is 0.545 e. The highest BCUT2D eigenvalue weighted by Gasteiger charge is 2.07. The van der Waals surface area contributed by atoms with Gasteiger partial charge < -0.3 is 9.90 Å². The van der Waals surface area contributed by atoms with Crippen LogP contribution in [0, 0.1) is 18.6 Å². The van der Waals surface area contributed by atoms with Crippen molar-refractivity contribution in [3.63, 3.8) is 0 Å². The number of carboxylic acid groups (broad SMARTS) is 1. The van der Waals surface area contributed by atoms with Crippen molar-refractivity contribution in [2.45, 2.75) is 6.92 Å². The summed E-state index contributed by atoms with van der Waals surface area (Å²) in [5, 5.41) is 10.6. The highest BCUT2D eigenvalue weighted by molar-refractivity contribution is 5.87. The van der Waals surface area contributed by atoms with Crippen molar-refractivity contribution in [1.82, 2.24) is 0 Å². The third-order valence-corrected chi connectivity index (χ3v) is 2.69. The van der Waals surface area contributed by atoms with Crippen LogP contribution in [0.2, 0.25) is 0 Å². The van der Waals surface area contributed by atoms with Gasteiger partial charge in [0, 0.05) is 5.56 Å². The summed E-state index contributed by atoms with van der Waals surface area (Å²) in [5.74, 6) is -2.86. The zero-order valence-corrected chi connectivity index (χ0v) is 9.54. The standard InChI is InChI=1S/C14H10F2O2/c1-8-2-3-9(6-12(8)15)10-4-5-11(14(17)18)13(16)7-10/h2-7H,1H3,(H,17,18)/p-1. The monoisotopic (exact) mass is 247 g/mol. The molecule has 0 aliphatic rings. The number of carboxylic acids is 1.